The molecule has 1 aromatic carbocycles. The van der Waals surface area contributed by atoms with Crippen molar-refractivity contribution in [1.29, 1.82) is 0 Å². The summed E-state index contributed by atoms with van der Waals surface area (Å²) in [5.74, 6) is 0.406. The summed E-state index contributed by atoms with van der Waals surface area (Å²) in [6.45, 7) is 0. The van der Waals surface area contributed by atoms with E-state index in [1.165, 1.54) is 16.9 Å². The molecule has 0 aliphatic heterocycles. The van der Waals surface area contributed by atoms with Gasteiger partial charge in [-0.15, -0.1) is 0 Å². The molecule has 170 valence electrons. The quantitative estimate of drug-likeness (QED) is 0.409. The first-order valence-corrected chi connectivity index (χ1v) is 11.3. The van der Waals surface area contributed by atoms with Gasteiger partial charge >= 0.3 is 0 Å². The van der Waals surface area contributed by atoms with Crippen LogP contribution in [0.25, 0.3) is 27.6 Å². The van der Waals surface area contributed by atoms with Gasteiger partial charge in [0.25, 0.3) is 6.43 Å². The van der Waals surface area contributed by atoms with Crippen molar-refractivity contribution >= 4 is 49.7 Å². The Kier molecular flexibility index (Phi) is 5.65. The Morgan fingerprint density at radius 1 is 1.27 bits per heavy atom. The van der Waals surface area contributed by atoms with E-state index in [9.17, 15) is 13.6 Å². The van der Waals surface area contributed by atoms with Gasteiger partial charge < -0.3 is 10.6 Å². The smallest absolute Gasteiger partial charge is 0.266 e. The van der Waals surface area contributed by atoms with Crippen LogP contribution >= 0.6 is 15.9 Å². The van der Waals surface area contributed by atoms with Crippen LogP contribution in [0.2, 0.25) is 0 Å². The second-order valence-corrected chi connectivity index (χ2v) is 8.76. The van der Waals surface area contributed by atoms with Gasteiger partial charge in [-0.2, -0.15) is 10.1 Å². The molecule has 1 saturated carbocycles. The van der Waals surface area contributed by atoms with Gasteiger partial charge in [0.15, 0.2) is 5.65 Å². The van der Waals surface area contributed by atoms with Gasteiger partial charge in [0.05, 0.1) is 16.6 Å². The molecule has 0 saturated heterocycles. The Balaban J connectivity index is 1.53. The molecule has 33 heavy (non-hydrogen) atoms. The number of alkyl halides is 2. The molecule has 3 heterocycles. The van der Waals surface area contributed by atoms with E-state index in [1.807, 2.05) is 0 Å². The summed E-state index contributed by atoms with van der Waals surface area (Å²) in [6, 6.07) is 6.66. The molecular formula is C22H20BrF2N7O. The third kappa shape index (κ3) is 4.01. The average molecular weight is 516 g/mol. The van der Waals surface area contributed by atoms with Crippen molar-refractivity contribution in [3.05, 3.63) is 46.8 Å². The molecule has 2 atom stereocenters. The van der Waals surface area contributed by atoms with E-state index < -0.39 is 6.43 Å². The van der Waals surface area contributed by atoms with Crippen molar-refractivity contribution in [2.45, 2.75) is 31.7 Å². The number of hydrogen-bond donors (Lipinski definition) is 2. The lowest BCUT2D eigenvalue weighted by atomic mass is 10.1. The van der Waals surface area contributed by atoms with Crippen molar-refractivity contribution in [3.8, 4) is 5.69 Å². The minimum atomic E-state index is -2.69. The fourth-order valence-corrected chi connectivity index (χ4v) is 4.79. The molecule has 1 fully saturated rings. The summed E-state index contributed by atoms with van der Waals surface area (Å²) in [5, 5.41) is 11.7. The van der Waals surface area contributed by atoms with E-state index in [-0.39, 0.29) is 28.9 Å². The third-order valence-electron chi connectivity index (χ3n) is 5.96. The normalized spacial score (nSPS) is 18.3. The van der Waals surface area contributed by atoms with Gasteiger partial charge in [-0.3, -0.25) is 9.78 Å². The first kappa shape index (κ1) is 21.6. The maximum atomic E-state index is 13.8. The Hall–Kier alpha value is -3.21. The van der Waals surface area contributed by atoms with Crippen LogP contribution in [0, 0.1) is 5.92 Å². The number of fused-ring (bicyclic) bond motifs is 2. The van der Waals surface area contributed by atoms with Crippen LogP contribution in [0.5, 0.6) is 0 Å². The van der Waals surface area contributed by atoms with E-state index in [0.717, 1.165) is 12.8 Å². The summed E-state index contributed by atoms with van der Waals surface area (Å²) >= 11 is 3.42. The predicted octanol–water partition coefficient (Wildman–Crippen LogP) is 4.39. The number of aromatic nitrogens is 5. The number of nitrogens with zero attached hydrogens (tertiary/aromatic N) is 5. The summed E-state index contributed by atoms with van der Waals surface area (Å²) in [6.07, 6.45) is 2.77. The number of carbonyl (C=O) groups excluding carboxylic acids is 1. The second kappa shape index (κ2) is 8.62. The number of pyridine rings is 1. The minimum absolute atomic E-state index is 0.0325. The average Bonchev–Trinajstić information content (AvgIpc) is 3.42. The van der Waals surface area contributed by atoms with Crippen molar-refractivity contribution in [2.75, 3.05) is 12.4 Å². The molecule has 11 heteroatoms. The van der Waals surface area contributed by atoms with Crippen LogP contribution in [0.4, 0.5) is 14.7 Å². The fourth-order valence-electron chi connectivity index (χ4n) is 4.35. The Labute approximate surface area is 195 Å². The van der Waals surface area contributed by atoms with Gasteiger partial charge in [0.1, 0.15) is 4.60 Å². The molecule has 2 N–H and O–H groups in total. The number of nitrogens with one attached hydrogen (secondary N) is 2. The number of benzene rings is 1. The van der Waals surface area contributed by atoms with Gasteiger partial charge in [-0.05, 0) is 53.4 Å². The molecule has 0 spiro atoms. The molecule has 0 radical (unpaired) electrons. The van der Waals surface area contributed by atoms with E-state index in [1.54, 1.807) is 31.4 Å². The lowest BCUT2D eigenvalue weighted by molar-refractivity contribution is -0.124. The Morgan fingerprint density at radius 2 is 2.12 bits per heavy atom. The van der Waals surface area contributed by atoms with Crippen molar-refractivity contribution in [2.24, 2.45) is 5.92 Å². The largest absolute Gasteiger partial charge is 0.359 e. The molecule has 4 aromatic rings. The predicted molar refractivity (Wildman–Crippen MR) is 123 cm³/mol. The first-order valence-electron chi connectivity index (χ1n) is 10.5. The number of halogens is 3. The third-order valence-corrected chi connectivity index (χ3v) is 6.55. The van der Waals surface area contributed by atoms with Crippen LogP contribution < -0.4 is 10.6 Å². The SMILES string of the molecule is CNC(=O)[C@@H]1CC[C@@H](Nc2ncc3c(Br)nn(-c4cc(C(F)F)c5ncccc5c4)c3n2)C1. The summed E-state index contributed by atoms with van der Waals surface area (Å²) < 4.78 is 29.6. The fraction of sp³-hybridized carbons (Fsp3) is 0.318. The number of carbonyl (C=O) groups is 1. The summed E-state index contributed by atoms with van der Waals surface area (Å²) in [5.41, 5.74) is 1.02. The Morgan fingerprint density at radius 3 is 2.91 bits per heavy atom. The number of hydrogen-bond acceptors (Lipinski definition) is 6. The number of anilines is 1. The van der Waals surface area contributed by atoms with Crippen molar-refractivity contribution in [1.82, 2.24) is 30.0 Å². The summed E-state index contributed by atoms with van der Waals surface area (Å²) in [7, 11) is 1.64. The molecule has 0 unspecified atom stereocenters. The lowest BCUT2D eigenvalue weighted by Crippen LogP contribution is -2.27. The van der Waals surface area contributed by atoms with Crippen LogP contribution in [0.1, 0.15) is 31.3 Å². The first-order chi connectivity index (χ1) is 15.9. The standard InChI is InChI=1S/C22H20BrF2N7O/c1-26-21(33)12-4-5-13(7-12)29-22-28-10-16-18(23)31-32(20(16)30-22)14-8-11-3-2-6-27-17(11)15(9-14)19(24)25/h2-3,6,8-10,12-13,19H,4-5,7H2,1H3,(H,26,33)(H,28,29,30)/t12-,13-/m1/s1. The highest BCUT2D eigenvalue weighted by molar-refractivity contribution is 9.10. The number of amides is 1. The van der Waals surface area contributed by atoms with Gasteiger partial charge in [-0.25, -0.2) is 18.4 Å². The monoisotopic (exact) mass is 515 g/mol. The van der Waals surface area contributed by atoms with Crippen LogP contribution in [-0.4, -0.2) is 43.7 Å². The maximum Gasteiger partial charge on any atom is 0.266 e. The van der Waals surface area contributed by atoms with Gasteiger partial charge in [-0.1, -0.05) is 6.07 Å². The molecule has 8 nitrogen and oxygen atoms in total. The minimum Gasteiger partial charge on any atom is -0.359 e. The second-order valence-electron chi connectivity index (χ2n) is 8.01. The lowest BCUT2D eigenvalue weighted by Gasteiger charge is -2.13. The van der Waals surface area contributed by atoms with E-state index >= 15 is 0 Å². The molecule has 1 aliphatic carbocycles. The van der Waals surface area contributed by atoms with Gasteiger partial charge in [0.2, 0.25) is 11.9 Å². The van der Waals surface area contributed by atoms with Crippen LogP contribution in [-0.2, 0) is 4.79 Å². The van der Waals surface area contributed by atoms with E-state index in [2.05, 4.69) is 46.6 Å². The van der Waals surface area contributed by atoms with Crippen LogP contribution in [0.3, 0.4) is 0 Å². The molecule has 5 rings (SSSR count). The number of rotatable bonds is 5. The molecule has 1 amide bonds. The van der Waals surface area contributed by atoms with Crippen molar-refractivity contribution < 1.29 is 13.6 Å². The highest BCUT2D eigenvalue weighted by Gasteiger charge is 2.30. The maximum absolute atomic E-state index is 13.8. The molecule has 1 aliphatic rings. The molecule has 0 bridgehead atoms. The van der Waals surface area contributed by atoms with Crippen LogP contribution in [0.15, 0.2) is 41.3 Å². The van der Waals surface area contributed by atoms with Crippen molar-refractivity contribution in [3.63, 3.8) is 0 Å². The molecular weight excluding hydrogens is 496 g/mol. The van der Waals surface area contributed by atoms with E-state index in [4.69, 9.17) is 0 Å². The summed E-state index contributed by atoms with van der Waals surface area (Å²) in [4.78, 5) is 25.0. The molecule has 3 aromatic heterocycles. The highest BCUT2D eigenvalue weighted by atomic mass is 79.9. The Bertz CT molecular complexity index is 1360. The van der Waals surface area contributed by atoms with Gasteiger partial charge in [0, 0.05) is 42.4 Å². The zero-order valence-electron chi connectivity index (χ0n) is 17.6. The van der Waals surface area contributed by atoms with E-state index in [0.29, 0.717) is 39.1 Å². The zero-order chi connectivity index (χ0) is 23.1. The zero-order valence-corrected chi connectivity index (χ0v) is 19.2. The highest BCUT2D eigenvalue weighted by Crippen LogP contribution is 2.32. The topological polar surface area (TPSA) is 97.6 Å².